The Hall–Kier alpha value is -2.92. The van der Waals surface area contributed by atoms with Gasteiger partial charge in [-0.3, -0.25) is 0 Å². The molecule has 40 heavy (non-hydrogen) atoms. The number of rotatable bonds is 7. The van der Waals surface area contributed by atoms with E-state index in [4.69, 9.17) is 11.6 Å². The van der Waals surface area contributed by atoms with E-state index in [-0.39, 0.29) is 11.0 Å². The predicted octanol–water partition coefficient (Wildman–Crippen LogP) is 6.07. The fourth-order valence-electron chi connectivity index (χ4n) is 5.36. The number of pyridine rings is 1. The SMILES string of the molecule is C=C(Nc1ccc(SN2CCN(c3cc(C(F)(F)F)cc(Cl)n3)CC2)cc1)c1cccc(N2CC3CNC3C2)c1. The van der Waals surface area contributed by atoms with Gasteiger partial charge in [-0.1, -0.05) is 30.3 Å². The number of hydrogen-bond donors (Lipinski definition) is 2. The van der Waals surface area contributed by atoms with Crippen LogP contribution in [0.4, 0.5) is 30.4 Å². The summed E-state index contributed by atoms with van der Waals surface area (Å²) in [7, 11) is 0. The number of piperazine rings is 1. The van der Waals surface area contributed by atoms with Crippen molar-refractivity contribution in [2.24, 2.45) is 5.92 Å². The Morgan fingerprint density at radius 1 is 1.00 bits per heavy atom. The lowest BCUT2D eigenvalue weighted by atomic mass is 9.96. The molecule has 11 heteroatoms. The van der Waals surface area contributed by atoms with E-state index in [1.165, 1.54) is 5.69 Å². The molecule has 6 nitrogen and oxygen atoms in total. The molecule has 3 aromatic rings. The summed E-state index contributed by atoms with van der Waals surface area (Å²) < 4.78 is 41.7. The van der Waals surface area contributed by atoms with Crippen molar-refractivity contribution in [1.82, 2.24) is 14.6 Å². The van der Waals surface area contributed by atoms with Crippen LogP contribution in [0.25, 0.3) is 5.70 Å². The van der Waals surface area contributed by atoms with Gasteiger partial charge in [0, 0.05) is 79.7 Å². The van der Waals surface area contributed by atoms with Gasteiger partial charge in [0.25, 0.3) is 0 Å². The Kier molecular flexibility index (Phi) is 7.60. The minimum absolute atomic E-state index is 0.151. The molecule has 0 amide bonds. The van der Waals surface area contributed by atoms with E-state index in [0.717, 1.165) is 59.5 Å². The second-order valence-corrected chi connectivity index (χ2v) is 12.0. The summed E-state index contributed by atoms with van der Waals surface area (Å²) in [5.74, 6) is 1.02. The predicted molar refractivity (Wildman–Crippen MR) is 157 cm³/mol. The first-order valence-electron chi connectivity index (χ1n) is 13.3. The molecule has 3 saturated heterocycles. The third kappa shape index (κ3) is 6.05. The third-order valence-electron chi connectivity index (χ3n) is 7.70. The Morgan fingerprint density at radius 2 is 1.77 bits per heavy atom. The van der Waals surface area contributed by atoms with Crippen molar-refractivity contribution in [1.29, 1.82) is 0 Å². The highest BCUT2D eigenvalue weighted by atomic mass is 35.5. The van der Waals surface area contributed by atoms with Crippen LogP contribution in [0.2, 0.25) is 5.15 Å². The molecule has 0 bridgehead atoms. The standard InChI is InChI=1S/C29H30ClF3N6S/c1-19(20-3-2-4-24(13-20)38-17-21-16-34-26(21)18-38)35-23-5-7-25(8-6-23)40-39-11-9-37(10-12-39)28-15-22(29(31,32)33)14-27(30)36-28/h2-8,13-15,21,26,34-35H,1,9-12,16-18H2. The Bertz CT molecular complexity index is 1360. The van der Waals surface area contributed by atoms with E-state index in [0.29, 0.717) is 32.2 Å². The van der Waals surface area contributed by atoms with Gasteiger partial charge >= 0.3 is 6.18 Å². The number of nitrogens with one attached hydrogen (secondary N) is 2. The van der Waals surface area contributed by atoms with E-state index in [9.17, 15) is 13.2 Å². The highest BCUT2D eigenvalue weighted by Crippen LogP contribution is 2.34. The number of nitrogens with zero attached hydrogens (tertiary/aromatic N) is 4. The Morgan fingerprint density at radius 3 is 2.42 bits per heavy atom. The van der Waals surface area contributed by atoms with Crippen LogP contribution in [0.3, 0.4) is 0 Å². The summed E-state index contributed by atoms with van der Waals surface area (Å²) >= 11 is 7.51. The quantitative estimate of drug-likeness (QED) is 0.257. The first kappa shape index (κ1) is 27.3. The van der Waals surface area contributed by atoms with E-state index >= 15 is 0 Å². The normalized spacial score (nSPS) is 21.2. The van der Waals surface area contributed by atoms with Crippen LogP contribution < -0.4 is 20.4 Å². The zero-order valence-electron chi connectivity index (χ0n) is 21.8. The van der Waals surface area contributed by atoms with Gasteiger partial charge in [0.05, 0.1) is 5.56 Å². The first-order valence-corrected chi connectivity index (χ1v) is 14.4. The van der Waals surface area contributed by atoms with Gasteiger partial charge in [-0.15, -0.1) is 0 Å². The Balaban J connectivity index is 1.01. The van der Waals surface area contributed by atoms with Crippen molar-refractivity contribution >= 4 is 46.4 Å². The molecule has 2 aromatic carbocycles. The average molecular weight is 587 g/mol. The number of halogens is 4. The minimum Gasteiger partial charge on any atom is -0.370 e. The lowest BCUT2D eigenvalue weighted by Gasteiger charge is -2.34. The van der Waals surface area contributed by atoms with E-state index in [1.54, 1.807) is 11.9 Å². The summed E-state index contributed by atoms with van der Waals surface area (Å²) in [4.78, 5) is 9.49. The third-order valence-corrected chi connectivity index (χ3v) is 9.00. The van der Waals surface area contributed by atoms with Gasteiger partial charge in [0.15, 0.2) is 0 Å². The van der Waals surface area contributed by atoms with Gasteiger partial charge in [-0.25, -0.2) is 9.29 Å². The molecule has 2 unspecified atom stereocenters. The van der Waals surface area contributed by atoms with Crippen LogP contribution in [-0.2, 0) is 6.18 Å². The fourth-order valence-corrected chi connectivity index (χ4v) is 6.47. The lowest BCUT2D eigenvalue weighted by molar-refractivity contribution is -0.137. The van der Waals surface area contributed by atoms with Crippen LogP contribution in [0.1, 0.15) is 11.1 Å². The first-order chi connectivity index (χ1) is 19.2. The highest BCUT2D eigenvalue weighted by Gasteiger charge is 2.39. The Labute approximate surface area is 241 Å². The fraction of sp³-hybridized carbons (Fsp3) is 0.345. The average Bonchev–Trinajstić information content (AvgIpc) is 3.23. The maximum atomic E-state index is 13.2. The van der Waals surface area contributed by atoms with Crippen molar-refractivity contribution in [2.75, 3.05) is 60.9 Å². The molecule has 0 radical (unpaired) electrons. The van der Waals surface area contributed by atoms with Gasteiger partial charge in [0.1, 0.15) is 11.0 Å². The summed E-state index contributed by atoms with van der Waals surface area (Å²) in [5, 5.41) is 6.78. The topological polar surface area (TPSA) is 46.7 Å². The number of anilines is 3. The van der Waals surface area contributed by atoms with Crippen molar-refractivity contribution in [3.63, 3.8) is 0 Å². The summed E-state index contributed by atoms with van der Waals surface area (Å²) in [6, 6.07) is 19.3. The van der Waals surface area contributed by atoms with Crippen molar-refractivity contribution < 1.29 is 13.2 Å². The zero-order valence-corrected chi connectivity index (χ0v) is 23.4. The van der Waals surface area contributed by atoms with Crippen LogP contribution in [0.5, 0.6) is 0 Å². The minimum atomic E-state index is -4.46. The highest BCUT2D eigenvalue weighted by molar-refractivity contribution is 7.97. The number of alkyl halides is 3. The van der Waals surface area contributed by atoms with Crippen LogP contribution in [-0.4, -0.2) is 61.1 Å². The second-order valence-electron chi connectivity index (χ2n) is 10.4. The molecule has 3 fully saturated rings. The molecule has 0 saturated carbocycles. The van der Waals surface area contributed by atoms with Gasteiger partial charge < -0.3 is 20.4 Å². The summed E-state index contributed by atoms with van der Waals surface area (Å²) in [6.07, 6.45) is -4.46. The molecule has 2 N–H and O–H groups in total. The largest absolute Gasteiger partial charge is 0.416 e. The molecule has 210 valence electrons. The lowest BCUT2D eigenvalue weighted by Crippen LogP contribution is -2.51. The van der Waals surface area contributed by atoms with E-state index < -0.39 is 11.7 Å². The van der Waals surface area contributed by atoms with Crippen LogP contribution in [0, 0.1) is 5.92 Å². The van der Waals surface area contributed by atoms with Gasteiger partial charge in [0.2, 0.25) is 0 Å². The molecule has 2 atom stereocenters. The molecule has 1 aromatic heterocycles. The van der Waals surface area contributed by atoms with Crippen molar-refractivity contribution in [3.8, 4) is 0 Å². The zero-order chi connectivity index (χ0) is 27.9. The van der Waals surface area contributed by atoms with Gasteiger partial charge in [-0.05, 0) is 66.0 Å². The summed E-state index contributed by atoms with van der Waals surface area (Å²) in [6.45, 7) is 10.0. The van der Waals surface area contributed by atoms with Gasteiger partial charge in [-0.2, -0.15) is 13.2 Å². The van der Waals surface area contributed by atoms with E-state index in [1.807, 2.05) is 17.0 Å². The molecule has 6 rings (SSSR count). The molecule has 3 aliphatic rings. The molecule has 4 heterocycles. The van der Waals surface area contributed by atoms with Crippen LogP contribution in [0.15, 0.2) is 72.1 Å². The number of hydrogen-bond acceptors (Lipinski definition) is 7. The summed E-state index contributed by atoms with van der Waals surface area (Å²) in [5.41, 5.74) is 3.33. The smallest absolute Gasteiger partial charge is 0.370 e. The van der Waals surface area contributed by atoms with Crippen molar-refractivity contribution in [2.45, 2.75) is 17.1 Å². The number of aromatic nitrogens is 1. The van der Waals surface area contributed by atoms with Crippen molar-refractivity contribution in [3.05, 3.63) is 83.5 Å². The molecular formula is C29H30ClF3N6S. The molecule has 0 aliphatic carbocycles. The molecular weight excluding hydrogens is 557 g/mol. The molecule has 3 aliphatic heterocycles. The maximum absolute atomic E-state index is 13.2. The number of fused-ring (bicyclic) bond motifs is 1. The second kappa shape index (κ2) is 11.2. The monoisotopic (exact) mass is 586 g/mol. The van der Waals surface area contributed by atoms with Crippen LogP contribution >= 0.6 is 23.5 Å². The number of benzene rings is 2. The maximum Gasteiger partial charge on any atom is 0.416 e. The van der Waals surface area contributed by atoms with E-state index in [2.05, 4.69) is 67.8 Å². The molecule has 0 spiro atoms.